The lowest BCUT2D eigenvalue weighted by Gasteiger charge is -2.16. The summed E-state index contributed by atoms with van der Waals surface area (Å²) < 4.78 is 43.9. The molecule has 3 aromatic rings. The van der Waals surface area contributed by atoms with E-state index in [0.29, 0.717) is 22.1 Å². The average molecular weight is 496 g/mol. The van der Waals surface area contributed by atoms with Crippen molar-refractivity contribution in [2.45, 2.75) is 50.4 Å². The van der Waals surface area contributed by atoms with Crippen LogP contribution in [0, 0.1) is 13.8 Å². The van der Waals surface area contributed by atoms with E-state index in [1.807, 2.05) is 26.0 Å². The Bertz CT molecular complexity index is 1140. The summed E-state index contributed by atoms with van der Waals surface area (Å²) in [6.45, 7) is 7.52. The molecule has 1 heterocycles. The summed E-state index contributed by atoms with van der Waals surface area (Å²) in [5.41, 5.74) is 2.76. The highest BCUT2D eigenvalue weighted by atomic mass is 32.2. The van der Waals surface area contributed by atoms with E-state index in [1.165, 1.54) is 23.5 Å². The van der Waals surface area contributed by atoms with Gasteiger partial charge in [0.15, 0.2) is 6.61 Å². The van der Waals surface area contributed by atoms with Gasteiger partial charge in [-0.05, 0) is 55.2 Å². The van der Waals surface area contributed by atoms with Crippen LogP contribution in [0.15, 0.2) is 41.3 Å². The van der Waals surface area contributed by atoms with Crippen molar-refractivity contribution in [3.63, 3.8) is 0 Å². The molecule has 2 aromatic carbocycles. The molecule has 3 rings (SSSR count). The number of hydrogen-bond donors (Lipinski definition) is 1. The van der Waals surface area contributed by atoms with Gasteiger partial charge in [-0.3, -0.25) is 0 Å². The molecule has 0 fully saturated rings. The van der Waals surface area contributed by atoms with Gasteiger partial charge in [0.1, 0.15) is 10.8 Å². The molecule has 1 N–H and O–H groups in total. The Morgan fingerprint density at radius 3 is 2.42 bits per heavy atom. The highest BCUT2D eigenvalue weighted by Crippen LogP contribution is 2.39. The molecule has 0 amide bonds. The summed E-state index contributed by atoms with van der Waals surface area (Å²) >= 11 is 3.13. The third-order valence-electron chi connectivity index (χ3n) is 4.99. The van der Waals surface area contributed by atoms with Crippen molar-refractivity contribution in [3.8, 4) is 16.3 Å². The third kappa shape index (κ3) is 6.29. The fourth-order valence-electron chi connectivity index (χ4n) is 3.18. The molecular formula is C24H24F3NO3S2. The molecule has 0 aliphatic rings. The predicted molar refractivity (Wildman–Crippen MR) is 125 cm³/mol. The van der Waals surface area contributed by atoms with Crippen LogP contribution in [-0.4, -0.2) is 22.7 Å². The van der Waals surface area contributed by atoms with E-state index >= 15 is 0 Å². The quantitative estimate of drug-likeness (QED) is 0.332. The van der Waals surface area contributed by atoms with E-state index in [-0.39, 0.29) is 5.92 Å². The maximum absolute atomic E-state index is 12.8. The lowest BCUT2D eigenvalue weighted by molar-refractivity contribution is -0.139. The van der Waals surface area contributed by atoms with Gasteiger partial charge in [-0.1, -0.05) is 26.0 Å². The Balaban J connectivity index is 1.79. The van der Waals surface area contributed by atoms with Crippen LogP contribution in [0.2, 0.25) is 0 Å². The SMILES string of the molecule is Cc1cc(SCc2sc(-c3ccc(C(F)(F)F)cc3)nc2C)c(C(C)C)cc1OCC(=O)O. The van der Waals surface area contributed by atoms with Crippen molar-refractivity contribution in [2.24, 2.45) is 0 Å². The van der Waals surface area contributed by atoms with Gasteiger partial charge in [-0.2, -0.15) is 13.2 Å². The number of hydrogen-bond acceptors (Lipinski definition) is 5. The van der Waals surface area contributed by atoms with E-state index in [2.05, 4.69) is 18.8 Å². The largest absolute Gasteiger partial charge is 0.482 e. The number of alkyl halides is 3. The van der Waals surface area contributed by atoms with Gasteiger partial charge in [0.05, 0.1) is 11.3 Å². The van der Waals surface area contributed by atoms with Crippen LogP contribution in [-0.2, 0) is 16.7 Å². The average Bonchev–Trinajstić information content (AvgIpc) is 3.11. The molecule has 33 heavy (non-hydrogen) atoms. The summed E-state index contributed by atoms with van der Waals surface area (Å²) in [5, 5.41) is 9.57. The minimum Gasteiger partial charge on any atom is -0.482 e. The zero-order valence-electron chi connectivity index (χ0n) is 18.6. The molecule has 0 aliphatic carbocycles. The number of carboxylic acids is 1. The number of thioether (sulfide) groups is 1. The highest BCUT2D eigenvalue weighted by Gasteiger charge is 2.30. The molecule has 0 radical (unpaired) electrons. The zero-order valence-corrected chi connectivity index (χ0v) is 20.2. The van der Waals surface area contributed by atoms with Gasteiger partial charge in [0, 0.05) is 21.1 Å². The second-order valence-electron chi connectivity index (χ2n) is 7.88. The van der Waals surface area contributed by atoms with Gasteiger partial charge in [0.2, 0.25) is 0 Å². The molecule has 4 nitrogen and oxygen atoms in total. The summed E-state index contributed by atoms with van der Waals surface area (Å²) in [4.78, 5) is 17.5. The first-order chi connectivity index (χ1) is 15.5. The molecule has 0 saturated carbocycles. The molecule has 176 valence electrons. The Labute approximate surface area is 198 Å². The molecule has 1 aromatic heterocycles. The summed E-state index contributed by atoms with van der Waals surface area (Å²) in [7, 11) is 0. The minimum atomic E-state index is -4.36. The number of nitrogens with zero attached hydrogens (tertiary/aromatic N) is 1. The first-order valence-electron chi connectivity index (χ1n) is 10.2. The van der Waals surface area contributed by atoms with Gasteiger partial charge in [-0.15, -0.1) is 23.1 Å². The normalized spacial score (nSPS) is 11.8. The number of carboxylic acid groups (broad SMARTS) is 1. The van der Waals surface area contributed by atoms with Crippen molar-refractivity contribution in [1.29, 1.82) is 0 Å². The maximum Gasteiger partial charge on any atom is 0.416 e. The van der Waals surface area contributed by atoms with Crippen LogP contribution in [0.1, 0.15) is 47.0 Å². The molecule has 0 atom stereocenters. The summed E-state index contributed by atoms with van der Waals surface area (Å²) in [6, 6.07) is 8.96. The Morgan fingerprint density at radius 1 is 1.18 bits per heavy atom. The number of halogens is 3. The molecule has 9 heteroatoms. The Kier molecular flexibility index (Phi) is 7.74. The van der Waals surface area contributed by atoms with Gasteiger partial charge in [-0.25, -0.2) is 9.78 Å². The van der Waals surface area contributed by atoms with Crippen molar-refractivity contribution >= 4 is 29.1 Å². The van der Waals surface area contributed by atoms with Crippen LogP contribution in [0.4, 0.5) is 13.2 Å². The number of ether oxygens (including phenoxy) is 1. The van der Waals surface area contributed by atoms with Crippen LogP contribution >= 0.6 is 23.1 Å². The molecule has 0 spiro atoms. The lowest BCUT2D eigenvalue weighted by atomic mass is 10.0. The van der Waals surface area contributed by atoms with E-state index in [4.69, 9.17) is 9.84 Å². The second-order valence-corrected chi connectivity index (χ2v) is 9.98. The fraction of sp³-hybridized carbons (Fsp3) is 0.333. The van der Waals surface area contributed by atoms with Crippen LogP contribution in [0.3, 0.4) is 0 Å². The van der Waals surface area contributed by atoms with Gasteiger partial charge < -0.3 is 9.84 Å². The number of thiazole rings is 1. The standard InChI is InChI=1S/C24H24F3NO3S2/c1-13(2)18-10-19(31-11-22(29)30)14(3)9-20(18)32-12-21-15(4)28-23(33-21)16-5-7-17(8-6-16)24(25,26)27/h5-10,13H,11-12H2,1-4H3,(H,29,30). The second kappa shape index (κ2) is 10.2. The number of rotatable bonds is 8. The number of benzene rings is 2. The van der Waals surface area contributed by atoms with Crippen LogP contribution in [0.25, 0.3) is 10.6 Å². The van der Waals surface area contributed by atoms with Crippen molar-refractivity contribution < 1.29 is 27.8 Å². The van der Waals surface area contributed by atoms with E-state index in [0.717, 1.165) is 38.7 Å². The fourth-order valence-corrected chi connectivity index (χ4v) is 5.67. The van der Waals surface area contributed by atoms with Crippen LogP contribution < -0.4 is 4.74 Å². The number of aliphatic carboxylic acids is 1. The van der Waals surface area contributed by atoms with Crippen molar-refractivity contribution in [3.05, 3.63) is 63.7 Å². The van der Waals surface area contributed by atoms with Crippen molar-refractivity contribution in [1.82, 2.24) is 4.98 Å². The Morgan fingerprint density at radius 2 is 1.85 bits per heavy atom. The van der Waals surface area contributed by atoms with Gasteiger partial charge in [0.25, 0.3) is 0 Å². The molecule has 0 saturated heterocycles. The molecule has 0 aliphatic heterocycles. The van der Waals surface area contributed by atoms with Crippen LogP contribution in [0.5, 0.6) is 5.75 Å². The molecule has 0 bridgehead atoms. The molecule has 0 unspecified atom stereocenters. The lowest BCUT2D eigenvalue weighted by Crippen LogP contribution is -2.10. The topological polar surface area (TPSA) is 59.4 Å². The Hall–Kier alpha value is -2.52. The smallest absolute Gasteiger partial charge is 0.416 e. The minimum absolute atomic E-state index is 0.213. The number of aryl methyl sites for hydroxylation is 2. The predicted octanol–water partition coefficient (Wildman–Crippen LogP) is 7.32. The van der Waals surface area contributed by atoms with E-state index in [9.17, 15) is 18.0 Å². The first-order valence-corrected chi connectivity index (χ1v) is 12.0. The first kappa shape index (κ1) is 25.1. The third-order valence-corrected chi connectivity index (χ3v) is 7.48. The van der Waals surface area contributed by atoms with Gasteiger partial charge >= 0.3 is 12.1 Å². The van der Waals surface area contributed by atoms with Crippen molar-refractivity contribution in [2.75, 3.05) is 6.61 Å². The molecular weight excluding hydrogens is 471 g/mol. The number of aromatic nitrogens is 1. The zero-order chi connectivity index (χ0) is 24.3. The summed E-state index contributed by atoms with van der Waals surface area (Å²) in [6.07, 6.45) is -4.36. The number of carbonyl (C=O) groups is 1. The monoisotopic (exact) mass is 495 g/mol. The maximum atomic E-state index is 12.8. The highest BCUT2D eigenvalue weighted by molar-refractivity contribution is 7.98. The summed E-state index contributed by atoms with van der Waals surface area (Å²) in [5.74, 6) is 0.413. The van der Waals surface area contributed by atoms with E-state index < -0.39 is 24.3 Å². The van der Waals surface area contributed by atoms with E-state index in [1.54, 1.807) is 11.8 Å².